The molecule has 0 aliphatic carbocycles. The number of halogens is 1. The van der Waals surface area contributed by atoms with E-state index in [2.05, 4.69) is 33.8 Å². The van der Waals surface area contributed by atoms with Gasteiger partial charge >= 0.3 is 0 Å². The highest BCUT2D eigenvalue weighted by Gasteiger charge is 2.28. The molecular weight excluding hydrogens is 399 g/mol. The molecule has 0 N–H and O–H groups in total. The van der Waals surface area contributed by atoms with Crippen molar-refractivity contribution in [1.29, 1.82) is 0 Å². The summed E-state index contributed by atoms with van der Waals surface area (Å²) < 4.78 is 15.7. The van der Waals surface area contributed by atoms with Crippen molar-refractivity contribution in [3.05, 3.63) is 71.3 Å². The smallest absolute Gasteiger partial charge is 0.237 e. The number of anilines is 1. The fourth-order valence-electron chi connectivity index (χ4n) is 3.95. The van der Waals surface area contributed by atoms with E-state index >= 15 is 0 Å². The number of hydrogen-bond acceptors (Lipinski definition) is 4. The average Bonchev–Trinajstić information content (AvgIpc) is 3.14. The number of carbonyl (C=O) groups is 1. The number of carbonyl (C=O) groups excluding carboxylic acids is 1. The third kappa shape index (κ3) is 4.26. The van der Waals surface area contributed by atoms with Gasteiger partial charge in [-0.1, -0.05) is 42.1 Å². The lowest BCUT2D eigenvalue weighted by Gasteiger charge is -2.35. The maximum Gasteiger partial charge on any atom is 0.237 e. The second-order valence-corrected chi connectivity index (χ2v) is 8.46. The van der Waals surface area contributed by atoms with E-state index in [-0.39, 0.29) is 23.5 Å². The van der Waals surface area contributed by atoms with E-state index in [1.807, 2.05) is 30.0 Å². The molecule has 5 nitrogen and oxygen atoms in total. The van der Waals surface area contributed by atoms with Gasteiger partial charge in [0.25, 0.3) is 0 Å². The molecule has 1 aliphatic heterocycles. The highest BCUT2D eigenvalue weighted by Crippen LogP contribution is 2.32. The lowest BCUT2D eigenvalue weighted by Crippen LogP contribution is -2.43. The van der Waals surface area contributed by atoms with Crippen LogP contribution in [-0.2, 0) is 24.2 Å². The van der Waals surface area contributed by atoms with Crippen LogP contribution in [0.25, 0.3) is 0 Å². The molecule has 7 heteroatoms. The number of rotatable bonds is 6. The Kier molecular flexibility index (Phi) is 6.18. The number of hydrogen-bond donors (Lipinski definition) is 0. The molecular formula is C23H25FN4OS. The molecule has 0 radical (unpaired) electrons. The first-order valence-corrected chi connectivity index (χ1v) is 11.2. The topological polar surface area (TPSA) is 51.0 Å². The Labute approximate surface area is 180 Å². The fourth-order valence-corrected chi connectivity index (χ4v) is 4.83. The number of benzene rings is 2. The van der Waals surface area contributed by atoms with Crippen LogP contribution in [0.3, 0.4) is 0 Å². The molecule has 2 heterocycles. The second-order valence-electron chi connectivity index (χ2n) is 7.52. The maximum absolute atomic E-state index is 13.6. The molecule has 0 spiro atoms. The molecule has 1 atom stereocenters. The van der Waals surface area contributed by atoms with Crippen molar-refractivity contribution in [3.8, 4) is 0 Å². The van der Waals surface area contributed by atoms with E-state index in [1.54, 1.807) is 6.07 Å². The Morgan fingerprint density at radius 2 is 2.00 bits per heavy atom. The Hall–Kier alpha value is -2.67. The number of aryl methyl sites for hydroxylation is 1. The van der Waals surface area contributed by atoms with E-state index in [1.165, 1.54) is 29.5 Å². The zero-order chi connectivity index (χ0) is 21.1. The molecule has 4 rings (SSSR count). The zero-order valence-electron chi connectivity index (χ0n) is 17.2. The van der Waals surface area contributed by atoms with Crippen LogP contribution in [0, 0.1) is 5.82 Å². The van der Waals surface area contributed by atoms with Gasteiger partial charge in [-0.15, -0.1) is 10.2 Å². The molecule has 0 saturated heterocycles. The number of nitrogens with zero attached hydrogens (tertiary/aromatic N) is 4. The van der Waals surface area contributed by atoms with Gasteiger partial charge in [0.2, 0.25) is 5.91 Å². The summed E-state index contributed by atoms with van der Waals surface area (Å²) in [5.41, 5.74) is 2.90. The Balaban J connectivity index is 1.48. The molecule has 0 saturated carbocycles. The van der Waals surface area contributed by atoms with Gasteiger partial charge in [0.05, 0.1) is 5.75 Å². The Bertz CT molecular complexity index is 1040. The summed E-state index contributed by atoms with van der Waals surface area (Å²) in [6.07, 6.45) is 2.33. The summed E-state index contributed by atoms with van der Waals surface area (Å²) in [6, 6.07) is 14.9. The van der Waals surface area contributed by atoms with Gasteiger partial charge in [-0.3, -0.25) is 4.79 Å². The first-order valence-electron chi connectivity index (χ1n) is 10.3. The predicted molar refractivity (Wildman–Crippen MR) is 117 cm³/mol. The molecule has 0 unspecified atom stereocenters. The maximum atomic E-state index is 13.6. The van der Waals surface area contributed by atoms with E-state index in [9.17, 15) is 9.18 Å². The number of thioether (sulfide) groups is 1. The zero-order valence-corrected chi connectivity index (χ0v) is 18.0. The van der Waals surface area contributed by atoms with Gasteiger partial charge in [-0.25, -0.2) is 4.39 Å². The largest absolute Gasteiger partial charge is 0.309 e. The van der Waals surface area contributed by atoms with Crippen LogP contribution in [0.1, 0.15) is 37.2 Å². The number of fused-ring (bicyclic) bond motifs is 1. The summed E-state index contributed by atoms with van der Waals surface area (Å²) >= 11 is 1.41. The molecule has 0 bridgehead atoms. The second kappa shape index (κ2) is 9.00. The van der Waals surface area contributed by atoms with Crippen LogP contribution < -0.4 is 4.90 Å². The van der Waals surface area contributed by atoms with E-state index in [4.69, 9.17) is 0 Å². The predicted octanol–water partition coefficient (Wildman–Crippen LogP) is 4.49. The molecule has 0 fully saturated rings. The van der Waals surface area contributed by atoms with Crippen molar-refractivity contribution in [2.75, 3.05) is 10.7 Å². The fraction of sp³-hybridized carbons (Fsp3) is 0.348. The monoisotopic (exact) mass is 424 g/mol. The quantitative estimate of drug-likeness (QED) is 0.547. The third-order valence-electron chi connectivity index (χ3n) is 5.48. The lowest BCUT2D eigenvalue weighted by molar-refractivity contribution is -0.116. The van der Waals surface area contributed by atoms with Crippen molar-refractivity contribution in [1.82, 2.24) is 14.8 Å². The van der Waals surface area contributed by atoms with Crippen LogP contribution in [0.5, 0.6) is 0 Å². The first kappa shape index (κ1) is 20.6. The Morgan fingerprint density at radius 3 is 2.77 bits per heavy atom. The minimum atomic E-state index is -0.257. The molecule has 1 aliphatic rings. The van der Waals surface area contributed by atoms with Gasteiger partial charge < -0.3 is 9.47 Å². The van der Waals surface area contributed by atoms with Crippen molar-refractivity contribution in [3.63, 3.8) is 0 Å². The molecule has 30 heavy (non-hydrogen) atoms. The molecule has 156 valence electrons. The van der Waals surface area contributed by atoms with Crippen molar-refractivity contribution >= 4 is 23.4 Å². The normalized spacial score (nSPS) is 15.8. The van der Waals surface area contributed by atoms with Crippen LogP contribution in [0.2, 0.25) is 0 Å². The SMILES string of the molecule is CCn1c(Cc2ccccc2)nnc1SCC(=O)N1c2ccc(F)cc2CC[C@H]1C. The number of aromatic nitrogens is 3. The van der Waals surface area contributed by atoms with Gasteiger partial charge in [0.1, 0.15) is 11.6 Å². The van der Waals surface area contributed by atoms with E-state index in [0.29, 0.717) is 6.42 Å². The van der Waals surface area contributed by atoms with Crippen molar-refractivity contribution in [2.45, 2.75) is 50.9 Å². The van der Waals surface area contributed by atoms with Crippen molar-refractivity contribution < 1.29 is 9.18 Å². The van der Waals surface area contributed by atoms with Gasteiger partial charge in [0.15, 0.2) is 5.16 Å². The summed E-state index contributed by atoms with van der Waals surface area (Å²) in [6.45, 7) is 4.84. The van der Waals surface area contributed by atoms with E-state index < -0.39 is 0 Å². The molecule has 1 amide bonds. The summed E-state index contributed by atoms with van der Waals surface area (Å²) in [4.78, 5) is 14.9. The van der Waals surface area contributed by atoms with Crippen LogP contribution in [0.15, 0.2) is 53.7 Å². The van der Waals surface area contributed by atoms with Crippen LogP contribution in [0.4, 0.5) is 10.1 Å². The standard InChI is InChI=1S/C23H25FN4OS/c1-3-27-21(13-17-7-5-4-6-8-17)25-26-23(27)30-15-22(29)28-16(2)9-10-18-14-19(24)11-12-20(18)28/h4-8,11-12,14,16H,3,9-10,13,15H2,1-2H3/t16-/m1/s1. The van der Waals surface area contributed by atoms with E-state index in [0.717, 1.165) is 41.6 Å². The molecule has 2 aromatic carbocycles. The summed E-state index contributed by atoms with van der Waals surface area (Å²) in [7, 11) is 0. The van der Waals surface area contributed by atoms with Gasteiger partial charge in [-0.05, 0) is 56.0 Å². The Morgan fingerprint density at radius 1 is 1.20 bits per heavy atom. The minimum absolute atomic E-state index is 0.00956. The third-order valence-corrected chi connectivity index (χ3v) is 6.43. The lowest BCUT2D eigenvalue weighted by atomic mass is 9.96. The average molecular weight is 425 g/mol. The molecule has 3 aromatic rings. The van der Waals surface area contributed by atoms with Gasteiger partial charge in [-0.2, -0.15) is 0 Å². The summed E-state index contributed by atoms with van der Waals surface area (Å²) in [5, 5.41) is 9.44. The highest BCUT2D eigenvalue weighted by molar-refractivity contribution is 7.99. The minimum Gasteiger partial charge on any atom is -0.309 e. The van der Waals surface area contributed by atoms with Crippen LogP contribution >= 0.6 is 11.8 Å². The first-order chi connectivity index (χ1) is 14.6. The van der Waals surface area contributed by atoms with Gasteiger partial charge in [0, 0.05) is 24.7 Å². The number of amides is 1. The van der Waals surface area contributed by atoms with Crippen LogP contribution in [-0.4, -0.2) is 32.5 Å². The van der Waals surface area contributed by atoms with Crippen molar-refractivity contribution in [2.24, 2.45) is 0 Å². The molecule has 1 aromatic heterocycles. The highest BCUT2D eigenvalue weighted by atomic mass is 32.2. The summed E-state index contributed by atoms with van der Waals surface area (Å²) in [5.74, 6) is 0.915.